The van der Waals surface area contributed by atoms with Gasteiger partial charge >= 0.3 is 0 Å². The van der Waals surface area contributed by atoms with Gasteiger partial charge in [0.15, 0.2) is 15.9 Å². The molecule has 0 saturated carbocycles. The number of benzene rings is 1. The van der Waals surface area contributed by atoms with Gasteiger partial charge in [0.25, 0.3) is 5.91 Å². The third kappa shape index (κ3) is 4.65. The lowest BCUT2D eigenvalue weighted by Gasteiger charge is -2.38. The minimum Gasteiger partial charge on any atom is -0.481 e. The van der Waals surface area contributed by atoms with E-state index in [1.165, 1.54) is 0 Å². The fourth-order valence-corrected chi connectivity index (χ4v) is 5.28. The Bertz CT molecular complexity index is 715. The molecule has 0 spiro atoms. The molecule has 0 aliphatic carbocycles. The molecule has 2 unspecified atom stereocenters. The first-order chi connectivity index (χ1) is 11.8. The Balaban J connectivity index is 1.50. The van der Waals surface area contributed by atoms with E-state index >= 15 is 0 Å². The molecule has 2 fully saturated rings. The zero-order valence-corrected chi connectivity index (χ0v) is 15.8. The number of halogens is 1. The normalized spacial score (nSPS) is 24.9. The molecular formula is C17H23ClN2O4S. The second kappa shape index (κ2) is 7.51. The van der Waals surface area contributed by atoms with Crippen LogP contribution in [0.1, 0.15) is 13.3 Å². The SMILES string of the molecule is CC(Oc1ccc(Cl)cc1)C(=O)N1CCN(C2CCS(=O)(=O)C2)CC1. The lowest BCUT2D eigenvalue weighted by atomic mass is 10.2. The van der Waals surface area contributed by atoms with Gasteiger partial charge in [-0.15, -0.1) is 0 Å². The summed E-state index contributed by atoms with van der Waals surface area (Å²) in [5.74, 6) is 1.09. The number of hydrogen-bond donors (Lipinski definition) is 0. The van der Waals surface area contributed by atoms with Crippen LogP contribution in [0.3, 0.4) is 0 Å². The summed E-state index contributed by atoms with van der Waals surface area (Å²) in [6.45, 7) is 4.36. The van der Waals surface area contributed by atoms with Crippen molar-refractivity contribution in [1.82, 2.24) is 9.80 Å². The van der Waals surface area contributed by atoms with Crippen LogP contribution in [-0.2, 0) is 14.6 Å². The zero-order chi connectivity index (χ0) is 18.0. The highest BCUT2D eigenvalue weighted by molar-refractivity contribution is 7.91. The largest absolute Gasteiger partial charge is 0.481 e. The molecule has 1 aromatic rings. The predicted octanol–water partition coefficient (Wildman–Crippen LogP) is 1.44. The number of carbonyl (C=O) groups excluding carboxylic acids is 1. The van der Waals surface area contributed by atoms with Crippen molar-refractivity contribution in [2.45, 2.75) is 25.5 Å². The molecule has 2 atom stereocenters. The van der Waals surface area contributed by atoms with Gasteiger partial charge < -0.3 is 9.64 Å². The molecule has 0 aromatic heterocycles. The molecule has 2 aliphatic heterocycles. The summed E-state index contributed by atoms with van der Waals surface area (Å²) >= 11 is 5.84. The Kier molecular flexibility index (Phi) is 5.55. The number of sulfone groups is 1. The second-order valence-electron chi connectivity index (χ2n) is 6.63. The van der Waals surface area contributed by atoms with Gasteiger partial charge in [0.1, 0.15) is 5.75 Å². The number of piperazine rings is 1. The molecule has 0 radical (unpaired) electrons. The minimum atomic E-state index is -2.88. The average Bonchev–Trinajstić information content (AvgIpc) is 2.96. The third-order valence-corrected chi connectivity index (χ3v) is 6.83. The van der Waals surface area contributed by atoms with E-state index in [0.29, 0.717) is 43.4 Å². The number of nitrogens with zero attached hydrogens (tertiary/aromatic N) is 2. The van der Waals surface area contributed by atoms with E-state index in [1.807, 2.05) is 0 Å². The maximum absolute atomic E-state index is 12.6. The van der Waals surface area contributed by atoms with Gasteiger partial charge in [-0.05, 0) is 37.6 Å². The van der Waals surface area contributed by atoms with E-state index in [1.54, 1.807) is 36.1 Å². The first kappa shape index (κ1) is 18.5. The van der Waals surface area contributed by atoms with Crippen molar-refractivity contribution in [2.24, 2.45) is 0 Å². The van der Waals surface area contributed by atoms with Crippen LogP contribution in [0.2, 0.25) is 5.02 Å². The first-order valence-corrected chi connectivity index (χ1v) is 10.7. The van der Waals surface area contributed by atoms with Crippen molar-refractivity contribution < 1.29 is 17.9 Å². The summed E-state index contributed by atoms with van der Waals surface area (Å²) < 4.78 is 28.9. The van der Waals surface area contributed by atoms with Gasteiger partial charge in [0.05, 0.1) is 11.5 Å². The van der Waals surface area contributed by atoms with Crippen molar-refractivity contribution in [3.8, 4) is 5.75 Å². The van der Waals surface area contributed by atoms with Crippen molar-refractivity contribution in [3.63, 3.8) is 0 Å². The van der Waals surface area contributed by atoms with Gasteiger partial charge in [-0.1, -0.05) is 11.6 Å². The Morgan fingerprint density at radius 1 is 1.20 bits per heavy atom. The summed E-state index contributed by atoms with van der Waals surface area (Å²) in [4.78, 5) is 16.5. The minimum absolute atomic E-state index is 0.0476. The molecule has 0 bridgehead atoms. The van der Waals surface area contributed by atoms with Crippen molar-refractivity contribution in [3.05, 3.63) is 29.3 Å². The summed E-state index contributed by atoms with van der Waals surface area (Å²) in [5, 5.41) is 0.622. The molecule has 1 amide bonds. The van der Waals surface area contributed by atoms with E-state index in [-0.39, 0.29) is 23.5 Å². The summed E-state index contributed by atoms with van der Waals surface area (Å²) in [7, 11) is -2.88. The molecule has 6 nitrogen and oxygen atoms in total. The standard InChI is InChI=1S/C17H23ClN2O4S/c1-13(24-16-4-2-14(18)3-5-16)17(21)20-9-7-19(8-10-20)15-6-11-25(22,23)12-15/h2-5,13,15H,6-12H2,1H3. The number of ether oxygens (including phenoxy) is 1. The molecule has 138 valence electrons. The van der Waals surface area contributed by atoms with E-state index < -0.39 is 15.9 Å². The van der Waals surface area contributed by atoms with Crippen LogP contribution in [-0.4, -0.2) is 74.0 Å². The molecule has 25 heavy (non-hydrogen) atoms. The average molecular weight is 387 g/mol. The Hall–Kier alpha value is -1.31. The van der Waals surface area contributed by atoms with E-state index in [4.69, 9.17) is 16.3 Å². The molecule has 2 heterocycles. The quantitative estimate of drug-likeness (QED) is 0.783. The molecule has 2 saturated heterocycles. The van der Waals surface area contributed by atoms with Crippen LogP contribution >= 0.6 is 11.6 Å². The van der Waals surface area contributed by atoms with Crippen LogP contribution in [0.15, 0.2) is 24.3 Å². The zero-order valence-electron chi connectivity index (χ0n) is 14.2. The highest BCUT2D eigenvalue weighted by atomic mass is 35.5. The summed E-state index contributed by atoms with van der Waals surface area (Å²) in [5.41, 5.74) is 0. The van der Waals surface area contributed by atoms with E-state index in [0.717, 1.165) is 0 Å². The summed E-state index contributed by atoms with van der Waals surface area (Å²) in [6.07, 6.45) is 0.131. The predicted molar refractivity (Wildman–Crippen MR) is 96.8 cm³/mol. The maximum atomic E-state index is 12.6. The van der Waals surface area contributed by atoms with Crippen LogP contribution in [0.25, 0.3) is 0 Å². The fourth-order valence-electron chi connectivity index (χ4n) is 3.40. The van der Waals surface area contributed by atoms with Gasteiger partial charge in [-0.3, -0.25) is 9.69 Å². The van der Waals surface area contributed by atoms with Crippen molar-refractivity contribution >= 4 is 27.3 Å². The van der Waals surface area contributed by atoms with Crippen LogP contribution in [0.4, 0.5) is 0 Å². The van der Waals surface area contributed by atoms with Crippen LogP contribution < -0.4 is 4.74 Å². The number of carbonyl (C=O) groups is 1. The van der Waals surface area contributed by atoms with Crippen LogP contribution in [0.5, 0.6) is 5.75 Å². The smallest absolute Gasteiger partial charge is 0.263 e. The molecule has 3 rings (SSSR count). The van der Waals surface area contributed by atoms with E-state index in [9.17, 15) is 13.2 Å². The second-order valence-corrected chi connectivity index (χ2v) is 9.30. The Labute approximate surface area is 153 Å². The lowest BCUT2D eigenvalue weighted by Crippen LogP contribution is -2.54. The highest BCUT2D eigenvalue weighted by Gasteiger charge is 2.35. The summed E-state index contributed by atoms with van der Waals surface area (Å²) in [6, 6.07) is 7.03. The van der Waals surface area contributed by atoms with Gasteiger partial charge in [0.2, 0.25) is 0 Å². The molecule has 0 N–H and O–H groups in total. The number of rotatable bonds is 4. The fraction of sp³-hybridized carbons (Fsp3) is 0.588. The van der Waals surface area contributed by atoms with Crippen LogP contribution in [0, 0.1) is 0 Å². The highest BCUT2D eigenvalue weighted by Crippen LogP contribution is 2.20. The molecule has 1 aromatic carbocycles. The first-order valence-electron chi connectivity index (χ1n) is 8.49. The van der Waals surface area contributed by atoms with Crippen molar-refractivity contribution in [2.75, 3.05) is 37.7 Å². The Morgan fingerprint density at radius 3 is 2.40 bits per heavy atom. The monoisotopic (exact) mass is 386 g/mol. The maximum Gasteiger partial charge on any atom is 0.263 e. The topological polar surface area (TPSA) is 66.9 Å². The number of amides is 1. The lowest BCUT2D eigenvalue weighted by molar-refractivity contribution is -0.140. The van der Waals surface area contributed by atoms with Gasteiger partial charge in [-0.25, -0.2) is 8.42 Å². The van der Waals surface area contributed by atoms with Crippen molar-refractivity contribution in [1.29, 1.82) is 0 Å². The molecular weight excluding hydrogens is 364 g/mol. The van der Waals surface area contributed by atoms with E-state index in [2.05, 4.69) is 4.90 Å². The number of hydrogen-bond acceptors (Lipinski definition) is 5. The molecule has 8 heteroatoms. The Morgan fingerprint density at radius 2 is 1.84 bits per heavy atom. The third-order valence-electron chi connectivity index (χ3n) is 4.82. The van der Waals surface area contributed by atoms with Gasteiger partial charge in [0, 0.05) is 37.2 Å². The molecule has 2 aliphatic rings. The van der Waals surface area contributed by atoms with Gasteiger partial charge in [-0.2, -0.15) is 0 Å².